The van der Waals surface area contributed by atoms with E-state index in [2.05, 4.69) is 14.2 Å². The first kappa shape index (κ1) is 72.6. The molecule has 4 atom stereocenters. The van der Waals surface area contributed by atoms with Gasteiger partial charge in [0.1, 0.15) is 0 Å². The molecule has 8 aliphatic rings. The molecule has 432 valence electrons. The van der Waals surface area contributed by atoms with Gasteiger partial charge >= 0.3 is 128 Å². The van der Waals surface area contributed by atoms with Crippen LogP contribution in [0.4, 0.5) is 52.7 Å². The van der Waals surface area contributed by atoms with Crippen molar-refractivity contribution in [2.75, 3.05) is 26.4 Å². The minimum absolute atomic E-state index is 0. The zero-order chi connectivity index (χ0) is 57.4. The van der Waals surface area contributed by atoms with Crippen LogP contribution in [0.15, 0.2) is 0 Å². The molecule has 0 aromatic carbocycles. The molecule has 4 unspecified atom stereocenters. The fourth-order valence-electron chi connectivity index (χ4n) is 11.4. The molecule has 76 heavy (non-hydrogen) atoms. The number of carbonyl (C=O) groups excluding carboxylic acids is 3. The first-order valence-electron chi connectivity index (χ1n) is 21.8. The van der Waals surface area contributed by atoms with Crippen molar-refractivity contribution in [3.8, 4) is 0 Å². The van der Waals surface area contributed by atoms with Gasteiger partial charge in [-0.1, -0.05) is 0 Å². The molecular formula is C38H50F12Na2O21S3. The number of carbonyl (C=O) groups is 4. The largest absolute Gasteiger partial charge is 1.00 e. The third kappa shape index (κ3) is 17.1. The number of ether oxygens (including phenoxy) is 5. The second kappa shape index (κ2) is 25.4. The van der Waals surface area contributed by atoms with Gasteiger partial charge in [-0.15, -0.1) is 0 Å². The zero-order valence-corrected chi connectivity index (χ0v) is 47.0. The summed E-state index contributed by atoms with van der Waals surface area (Å²) in [6, 6.07) is 0. The molecule has 0 saturated heterocycles. The van der Waals surface area contributed by atoms with Gasteiger partial charge in [-0.2, -0.15) is 61.1 Å². The average Bonchev–Trinajstić information content (AvgIpc) is 3.18. The van der Waals surface area contributed by atoms with Crippen molar-refractivity contribution in [2.24, 2.45) is 34.5 Å². The monoisotopic (exact) mass is 1210 g/mol. The van der Waals surface area contributed by atoms with Crippen molar-refractivity contribution >= 4 is 54.5 Å². The number of alkyl halides is 12. The van der Waals surface area contributed by atoms with E-state index in [1.165, 1.54) is 6.92 Å². The van der Waals surface area contributed by atoms with Crippen LogP contribution in [0.3, 0.4) is 0 Å². The van der Waals surface area contributed by atoms with Gasteiger partial charge in [0, 0.05) is 6.61 Å². The standard InChI is InChI=1S/C19H24F6O8S.C17H20F6O8S.C2H6O.2Na.H2O4S/c1-2-31-14(27)18(22,23)33-16-8-11-5-12(9-16)7-15(6-11,10-16)13(26)32-4-3-17(20,21)19(24,25)34(28,29)30;18-15(19,17(22,23)32(27,28)29)1-2-30-12(26)13-4-9-3-10(5-13)7-14(6-9,8-13)31-16(20,21)11(24)25;1-2-3;;;1-5(2,3)4/h11-12H,2-10H2,1H3,(H,28,29,30);9-10H,1-8H2,(H,24,25)(H,27,28,29);3H,2H2,1H3;;;(H2,1,2,3,4)/q;;;2*+1;/p-2. The Morgan fingerprint density at radius 1 is 0.553 bits per heavy atom. The number of rotatable bonds is 19. The molecule has 8 rings (SSSR count). The minimum atomic E-state index is -6.69. The number of esters is 3. The van der Waals surface area contributed by atoms with Gasteiger partial charge in [0.15, 0.2) is 20.2 Å². The summed E-state index contributed by atoms with van der Waals surface area (Å²) in [6.45, 7) is 0.257. The summed E-state index contributed by atoms with van der Waals surface area (Å²) in [5, 5.41) is 4.40. The Bertz CT molecular complexity index is 2380. The van der Waals surface area contributed by atoms with Gasteiger partial charge < -0.3 is 43.0 Å². The predicted octanol–water partition coefficient (Wildman–Crippen LogP) is -0.716. The summed E-state index contributed by atoms with van der Waals surface area (Å²) in [5.74, 6) is -18.4. The Labute approximate surface area is 470 Å². The van der Waals surface area contributed by atoms with Gasteiger partial charge in [0.05, 0.1) is 54.7 Å². The van der Waals surface area contributed by atoms with Crippen molar-refractivity contribution in [3.63, 3.8) is 0 Å². The molecule has 0 amide bonds. The van der Waals surface area contributed by atoms with Crippen LogP contribution < -0.4 is 59.1 Å². The molecule has 8 fully saturated rings. The van der Waals surface area contributed by atoms with Crippen LogP contribution in [0.1, 0.15) is 104 Å². The number of aliphatic hydroxyl groups is 1. The fourth-order valence-corrected chi connectivity index (χ4v) is 12.4. The van der Waals surface area contributed by atoms with E-state index in [0.29, 0.717) is 12.8 Å². The van der Waals surface area contributed by atoms with Crippen molar-refractivity contribution in [1.29, 1.82) is 0 Å². The van der Waals surface area contributed by atoms with E-state index in [0.717, 1.165) is 0 Å². The molecular weight excluding hydrogens is 1160 g/mol. The fraction of sp³-hybridized carbons (Fsp3) is 0.895. The van der Waals surface area contributed by atoms with Gasteiger partial charge in [-0.3, -0.25) is 18.7 Å². The summed E-state index contributed by atoms with van der Waals surface area (Å²) in [7, 11) is -18.0. The van der Waals surface area contributed by atoms with Crippen LogP contribution in [0, 0.1) is 34.5 Å². The summed E-state index contributed by atoms with van der Waals surface area (Å²) in [5.41, 5.74) is -6.11. The second-order valence-corrected chi connectivity index (χ2v) is 22.7. The van der Waals surface area contributed by atoms with E-state index < -0.39 is 137 Å². The molecule has 8 aliphatic carbocycles. The van der Waals surface area contributed by atoms with Gasteiger partial charge in [0.2, 0.25) is 0 Å². The number of carboxylic acids is 1. The molecule has 21 nitrogen and oxygen atoms in total. The zero-order valence-electron chi connectivity index (χ0n) is 40.5. The van der Waals surface area contributed by atoms with Crippen LogP contribution in [0.25, 0.3) is 0 Å². The Morgan fingerprint density at radius 3 is 1.08 bits per heavy atom. The van der Waals surface area contributed by atoms with Gasteiger partial charge in [0.25, 0.3) is 0 Å². The molecule has 8 saturated carbocycles. The van der Waals surface area contributed by atoms with E-state index in [4.69, 9.17) is 37.2 Å². The molecule has 0 aromatic rings. The van der Waals surface area contributed by atoms with E-state index in [-0.39, 0.29) is 160 Å². The Kier molecular flexibility index (Phi) is 24.3. The first-order valence-corrected chi connectivity index (χ1v) is 26.0. The van der Waals surface area contributed by atoms with Crippen LogP contribution in [0.5, 0.6) is 0 Å². The molecule has 0 aromatic heterocycles. The molecule has 0 aliphatic heterocycles. The van der Waals surface area contributed by atoms with Crippen LogP contribution in [-0.2, 0) is 73.5 Å². The molecule has 0 spiro atoms. The van der Waals surface area contributed by atoms with Gasteiger partial charge in [-0.05, 0) is 115 Å². The van der Waals surface area contributed by atoms with Gasteiger partial charge in [-0.25, -0.2) is 26.4 Å². The van der Waals surface area contributed by atoms with Crippen molar-refractivity contribution in [2.45, 2.75) is 150 Å². The summed E-state index contributed by atoms with van der Waals surface area (Å²) < 4.78 is 281. The first-order chi connectivity index (χ1) is 33.2. The Hall–Kier alpha value is -1.39. The van der Waals surface area contributed by atoms with Crippen LogP contribution in [-0.4, -0.2) is 150 Å². The summed E-state index contributed by atoms with van der Waals surface area (Å²) >= 11 is 0. The molecule has 8 bridgehead atoms. The predicted molar refractivity (Wildman–Crippen MR) is 213 cm³/mol. The van der Waals surface area contributed by atoms with E-state index in [1.807, 2.05) is 0 Å². The van der Waals surface area contributed by atoms with E-state index in [1.54, 1.807) is 6.92 Å². The van der Waals surface area contributed by atoms with Crippen LogP contribution >= 0.6 is 0 Å². The topological polar surface area (TPSA) is 344 Å². The number of hydrogen-bond acceptors (Lipinski definition) is 18. The maximum Gasteiger partial charge on any atom is 1.00 e. The third-order valence-electron chi connectivity index (χ3n) is 13.1. The number of carboxylic acid groups (broad SMARTS) is 1. The maximum atomic E-state index is 14.3. The van der Waals surface area contributed by atoms with E-state index in [9.17, 15) is 97.8 Å². The number of halogens is 12. The molecule has 4 N–H and O–H groups in total. The van der Waals surface area contributed by atoms with Crippen molar-refractivity contribution < 1.29 is 208 Å². The molecule has 0 radical (unpaired) electrons. The SMILES string of the molecule is CCO.CCOC(=O)C(F)(F)OC12CC3CC(C1)CC(C(=O)OCCC(F)(F)C(F)(F)S(=O)(=O)[O-])(C3)C2.O=C(OCCC(F)(F)C(F)(F)S(=O)(=O)[O-])C12CC3CC(CC(OC(F)(F)C(=O)O)(C3)C1)C2.O=S(=O)(O)O.[Na+].[Na+]. The quantitative estimate of drug-likeness (QED) is 0.0408. The average molecular weight is 1210 g/mol. The van der Waals surface area contributed by atoms with E-state index >= 15 is 0 Å². The number of hydrogen-bond donors (Lipinski definition) is 4. The Morgan fingerprint density at radius 2 is 0.829 bits per heavy atom. The van der Waals surface area contributed by atoms with Crippen LogP contribution in [0.2, 0.25) is 0 Å². The van der Waals surface area contributed by atoms with Crippen molar-refractivity contribution in [3.05, 3.63) is 0 Å². The molecule has 38 heteroatoms. The summed E-state index contributed by atoms with van der Waals surface area (Å²) in [6.07, 6.45) is -11.3. The smallest absolute Gasteiger partial charge is 0.743 e. The summed E-state index contributed by atoms with van der Waals surface area (Å²) in [4.78, 5) is 47.9. The number of aliphatic hydroxyl groups excluding tert-OH is 1. The minimum Gasteiger partial charge on any atom is -0.743 e. The normalized spacial score (nSPS) is 28.8. The Balaban J connectivity index is 0.000000651. The second-order valence-electron chi connectivity index (χ2n) is 19.0. The van der Waals surface area contributed by atoms with Crippen molar-refractivity contribution in [1.82, 2.24) is 0 Å². The molecule has 0 heterocycles. The number of aliphatic carboxylic acids is 1. The third-order valence-corrected chi connectivity index (χ3v) is 15.0. The maximum absolute atomic E-state index is 14.3.